The van der Waals surface area contributed by atoms with E-state index in [4.69, 9.17) is 9.47 Å². The lowest BCUT2D eigenvalue weighted by atomic mass is 9.76. The second-order valence-electron chi connectivity index (χ2n) is 5.39. The number of fused-ring (bicyclic) bond motifs is 2. The summed E-state index contributed by atoms with van der Waals surface area (Å²) in [5, 5.41) is 0. The highest BCUT2D eigenvalue weighted by Crippen LogP contribution is 2.48. The van der Waals surface area contributed by atoms with Gasteiger partial charge in [-0.25, -0.2) is 4.79 Å². The van der Waals surface area contributed by atoms with Gasteiger partial charge in [0.1, 0.15) is 11.4 Å². The summed E-state index contributed by atoms with van der Waals surface area (Å²) in [7, 11) is 0. The zero-order valence-corrected chi connectivity index (χ0v) is 11.4. The van der Waals surface area contributed by atoms with E-state index >= 15 is 0 Å². The predicted molar refractivity (Wildman–Crippen MR) is 72.2 cm³/mol. The number of hydrogen-bond acceptors (Lipinski definition) is 4. The van der Waals surface area contributed by atoms with Gasteiger partial charge in [-0.15, -0.1) is 0 Å². The maximum atomic E-state index is 11.7. The van der Waals surface area contributed by atoms with Crippen LogP contribution in [0.4, 0.5) is 0 Å². The van der Waals surface area contributed by atoms with Crippen LogP contribution in [0.1, 0.15) is 37.3 Å². The fraction of sp³-hybridized carbons (Fsp3) is 0.375. The molecule has 1 unspecified atom stereocenters. The molecule has 0 N–H and O–H groups in total. The zero-order chi connectivity index (χ0) is 14.3. The average molecular weight is 272 g/mol. The lowest BCUT2D eigenvalue weighted by Gasteiger charge is -2.34. The first-order chi connectivity index (χ1) is 9.52. The summed E-state index contributed by atoms with van der Waals surface area (Å²) in [6.45, 7) is 5.15. The zero-order valence-electron chi connectivity index (χ0n) is 11.4. The van der Waals surface area contributed by atoms with Gasteiger partial charge in [0.15, 0.2) is 0 Å². The molecule has 3 rings (SSSR count). The minimum absolute atomic E-state index is 0.323. The Labute approximate surface area is 117 Å². The Morgan fingerprint density at radius 3 is 2.90 bits per heavy atom. The summed E-state index contributed by atoms with van der Waals surface area (Å²) >= 11 is 0. The Bertz CT molecular complexity index is 599. The quantitative estimate of drug-likeness (QED) is 0.448. The molecule has 0 radical (unpaired) electrons. The lowest BCUT2D eigenvalue weighted by molar-refractivity contribution is -0.148. The van der Waals surface area contributed by atoms with Crippen molar-refractivity contribution in [1.82, 2.24) is 0 Å². The molecular formula is C16H16O4. The first-order valence-corrected chi connectivity index (χ1v) is 6.74. The molecule has 1 spiro atoms. The van der Waals surface area contributed by atoms with Crippen molar-refractivity contribution in [2.45, 2.75) is 38.2 Å². The van der Waals surface area contributed by atoms with E-state index in [1.165, 1.54) is 6.92 Å². The third kappa shape index (κ3) is 1.92. The standard InChI is InChI=1S/C16H16O4/c1-10-9-16(20-15(10)18)8-4-5-12-13(16)6-3-7-14(12)19-11(2)17/h3,6-7H,1,4-5,8-9H2,2H3. The van der Waals surface area contributed by atoms with E-state index < -0.39 is 5.60 Å². The molecule has 1 fully saturated rings. The highest BCUT2D eigenvalue weighted by atomic mass is 16.6. The molecule has 20 heavy (non-hydrogen) atoms. The molecule has 2 aliphatic rings. The van der Waals surface area contributed by atoms with Crippen LogP contribution in [0.25, 0.3) is 0 Å². The molecule has 0 saturated carbocycles. The van der Waals surface area contributed by atoms with E-state index in [9.17, 15) is 9.59 Å². The van der Waals surface area contributed by atoms with Crippen LogP contribution < -0.4 is 4.74 Å². The fourth-order valence-electron chi connectivity index (χ4n) is 3.18. The molecule has 0 bridgehead atoms. The van der Waals surface area contributed by atoms with Gasteiger partial charge in [-0.1, -0.05) is 18.7 Å². The molecule has 1 aromatic rings. The van der Waals surface area contributed by atoms with Gasteiger partial charge in [-0.2, -0.15) is 0 Å². The van der Waals surface area contributed by atoms with E-state index in [0.717, 1.165) is 30.4 Å². The van der Waals surface area contributed by atoms with Crippen molar-refractivity contribution in [3.05, 3.63) is 41.5 Å². The van der Waals surface area contributed by atoms with E-state index in [0.29, 0.717) is 17.7 Å². The van der Waals surface area contributed by atoms with Crippen molar-refractivity contribution < 1.29 is 19.1 Å². The van der Waals surface area contributed by atoms with E-state index in [1.807, 2.05) is 12.1 Å². The number of carbonyl (C=O) groups is 2. The predicted octanol–water partition coefficient (Wildman–Crippen LogP) is 2.65. The van der Waals surface area contributed by atoms with Gasteiger partial charge in [-0.05, 0) is 25.3 Å². The molecule has 0 amide bonds. The largest absolute Gasteiger partial charge is 0.450 e. The molecule has 1 atom stereocenters. The lowest BCUT2D eigenvalue weighted by Crippen LogP contribution is -2.31. The Morgan fingerprint density at radius 1 is 1.45 bits per heavy atom. The molecule has 1 saturated heterocycles. The van der Waals surface area contributed by atoms with Crippen molar-refractivity contribution in [2.75, 3.05) is 0 Å². The normalized spacial score (nSPS) is 24.4. The van der Waals surface area contributed by atoms with Crippen molar-refractivity contribution in [2.24, 2.45) is 0 Å². The van der Waals surface area contributed by atoms with Crippen LogP contribution in [0.5, 0.6) is 5.75 Å². The number of ether oxygens (including phenoxy) is 2. The van der Waals surface area contributed by atoms with Crippen LogP contribution in [-0.4, -0.2) is 11.9 Å². The molecule has 1 heterocycles. The molecule has 0 aromatic heterocycles. The highest BCUT2D eigenvalue weighted by molar-refractivity contribution is 5.91. The van der Waals surface area contributed by atoms with Crippen LogP contribution >= 0.6 is 0 Å². The van der Waals surface area contributed by atoms with Gasteiger partial charge in [0, 0.05) is 30.0 Å². The number of hydrogen-bond donors (Lipinski definition) is 0. The Kier molecular flexibility index (Phi) is 2.89. The monoisotopic (exact) mass is 272 g/mol. The third-order valence-electron chi connectivity index (χ3n) is 3.96. The van der Waals surface area contributed by atoms with Crippen LogP contribution in [0.3, 0.4) is 0 Å². The van der Waals surface area contributed by atoms with Crippen molar-refractivity contribution in [3.8, 4) is 5.75 Å². The van der Waals surface area contributed by atoms with E-state index in [2.05, 4.69) is 6.58 Å². The molecule has 1 aliphatic carbocycles. The van der Waals surface area contributed by atoms with Crippen LogP contribution in [-0.2, 0) is 26.3 Å². The Morgan fingerprint density at radius 2 is 2.25 bits per heavy atom. The first kappa shape index (κ1) is 12.9. The smallest absolute Gasteiger partial charge is 0.334 e. The van der Waals surface area contributed by atoms with Gasteiger partial charge in [0.05, 0.1) is 0 Å². The number of esters is 2. The average Bonchev–Trinajstić information content (AvgIpc) is 2.66. The van der Waals surface area contributed by atoms with Gasteiger partial charge < -0.3 is 9.47 Å². The molecule has 4 nitrogen and oxygen atoms in total. The second-order valence-corrected chi connectivity index (χ2v) is 5.39. The number of rotatable bonds is 1. The Balaban J connectivity index is 2.08. The summed E-state index contributed by atoms with van der Waals surface area (Å²) in [4.78, 5) is 22.9. The van der Waals surface area contributed by atoms with Gasteiger partial charge in [0.25, 0.3) is 0 Å². The van der Waals surface area contributed by atoms with Crippen LogP contribution in [0.2, 0.25) is 0 Å². The highest BCUT2D eigenvalue weighted by Gasteiger charge is 2.47. The maximum Gasteiger partial charge on any atom is 0.334 e. The van der Waals surface area contributed by atoms with Gasteiger partial charge in [-0.3, -0.25) is 4.79 Å². The van der Waals surface area contributed by atoms with Crippen molar-refractivity contribution >= 4 is 11.9 Å². The van der Waals surface area contributed by atoms with Gasteiger partial charge in [0.2, 0.25) is 0 Å². The number of carbonyl (C=O) groups excluding carboxylic acids is 2. The first-order valence-electron chi connectivity index (χ1n) is 6.74. The molecular weight excluding hydrogens is 256 g/mol. The second kappa shape index (κ2) is 4.47. The summed E-state index contributed by atoms with van der Waals surface area (Å²) in [5.74, 6) is -0.0933. The summed E-state index contributed by atoms with van der Waals surface area (Å²) in [6.07, 6.45) is 3.02. The molecule has 4 heteroatoms. The summed E-state index contributed by atoms with van der Waals surface area (Å²) < 4.78 is 10.9. The summed E-state index contributed by atoms with van der Waals surface area (Å²) in [6, 6.07) is 5.57. The topological polar surface area (TPSA) is 52.6 Å². The maximum absolute atomic E-state index is 11.7. The van der Waals surface area contributed by atoms with Crippen molar-refractivity contribution in [3.63, 3.8) is 0 Å². The summed E-state index contributed by atoms with van der Waals surface area (Å²) in [5.41, 5.74) is 1.82. The molecule has 104 valence electrons. The fourth-order valence-corrected chi connectivity index (χ4v) is 3.18. The van der Waals surface area contributed by atoms with Crippen LogP contribution in [0.15, 0.2) is 30.4 Å². The van der Waals surface area contributed by atoms with Gasteiger partial charge >= 0.3 is 11.9 Å². The van der Waals surface area contributed by atoms with E-state index in [-0.39, 0.29) is 11.9 Å². The molecule has 1 aliphatic heterocycles. The SMILES string of the molecule is C=C1CC2(CCCc3c(OC(C)=O)cccc32)OC1=O. The van der Waals surface area contributed by atoms with E-state index in [1.54, 1.807) is 6.07 Å². The third-order valence-corrected chi connectivity index (χ3v) is 3.96. The minimum atomic E-state index is -0.613. The Hall–Kier alpha value is -2.10. The van der Waals surface area contributed by atoms with Crippen LogP contribution in [0, 0.1) is 0 Å². The van der Waals surface area contributed by atoms with Crippen molar-refractivity contribution in [1.29, 1.82) is 0 Å². The molecule has 1 aromatic carbocycles. The number of benzene rings is 1. The minimum Gasteiger partial charge on any atom is -0.450 e.